The SMILES string of the molecule is CCOC(=O)CN1CCC(C#N)(c2ccc(OC)c(OCc3ccccc3)c2)CC1. The molecule has 0 amide bonds. The van der Waals surface area contributed by atoms with E-state index in [9.17, 15) is 10.1 Å². The van der Waals surface area contributed by atoms with Crippen molar-refractivity contribution >= 4 is 5.97 Å². The third-order valence-corrected chi connectivity index (χ3v) is 5.54. The number of nitrogens with zero attached hydrogens (tertiary/aromatic N) is 2. The summed E-state index contributed by atoms with van der Waals surface area (Å²) in [4.78, 5) is 13.8. The van der Waals surface area contributed by atoms with Gasteiger partial charge < -0.3 is 14.2 Å². The molecule has 0 unspecified atom stereocenters. The van der Waals surface area contributed by atoms with E-state index in [1.54, 1.807) is 14.0 Å². The first-order valence-corrected chi connectivity index (χ1v) is 10.2. The highest BCUT2D eigenvalue weighted by Gasteiger charge is 2.37. The molecule has 1 heterocycles. The second-order valence-corrected chi connectivity index (χ2v) is 7.41. The van der Waals surface area contributed by atoms with E-state index in [4.69, 9.17) is 14.2 Å². The fraction of sp³-hybridized carbons (Fsp3) is 0.417. The molecule has 0 aliphatic carbocycles. The van der Waals surface area contributed by atoms with Crippen LogP contribution in [0.4, 0.5) is 0 Å². The average Bonchev–Trinajstić information content (AvgIpc) is 2.79. The lowest BCUT2D eigenvalue weighted by atomic mass is 9.74. The summed E-state index contributed by atoms with van der Waals surface area (Å²) in [6.45, 7) is 4.20. The van der Waals surface area contributed by atoms with Gasteiger partial charge in [0.2, 0.25) is 0 Å². The molecular weight excluding hydrogens is 380 g/mol. The number of methoxy groups -OCH3 is 1. The number of rotatable bonds is 8. The van der Waals surface area contributed by atoms with E-state index >= 15 is 0 Å². The molecule has 3 rings (SSSR count). The van der Waals surface area contributed by atoms with Crippen LogP contribution in [0.3, 0.4) is 0 Å². The highest BCUT2D eigenvalue weighted by molar-refractivity contribution is 5.71. The first kappa shape index (κ1) is 21.7. The molecule has 1 fully saturated rings. The predicted molar refractivity (Wildman–Crippen MR) is 113 cm³/mol. The van der Waals surface area contributed by atoms with E-state index in [2.05, 4.69) is 6.07 Å². The smallest absolute Gasteiger partial charge is 0.320 e. The van der Waals surface area contributed by atoms with E-state index in [0.717, 1.165) is 11.1 Å². The number of carbonyl (C=O) groups excluding carboxylic acids is 1. The molecule has 1 aliphatic heterocycles. The summed E-state index contributed by atoms with van der Waals surface area (Å²) in [6, 6.07) is 18.2. The van der Waals surface area contributed by atoms with Crippen LogP contribution in [0.15, 0.2) is 48.5 Å². The van der Waals surface area contributed by atoms with Gasteiger partial charge >= 0.3 is 5.97 Å². The minimum absolute atomic E-state index is 0.219. The Morgan fingerprint density at radius 2 is 1.87 bits per heavy atom. The summed E-state index contributed by atoms with van der Waals surface area (Å²) in [5.74, 6) is 1.05. The topological polar surface area (TPSA) is 71.8 Å². The van der Waals surface area contributed by atoms with Gasteiger partial charge in [-0.3, -0.25) is 9.69 Å². The van der Waals surface area contributed by atoms with Crippen LogP contribution in [0, 0.1) is 11.3 Å². The molecule has 2 aromatic rings. The Balaban J connectivity index is 1.73. The Morgan fingerprint density at radius 1 is 1.13 bits per heavy atom. The molecule has 0 spiro atoms. The maximum Gasteiger partial charge on any atom is 0.320 e. The van der Waals surface area contributed by atoms with Crippen LogP contribution in [0.5, 0.6) is 11.5 Å². The van der Waals surface area contributed by atoms with Gasteiger partial charge in [0.1, 0.15) is 6.61 Å². The van der Waals surface area contributed by atoms with Crippen LogP contribution in [0.25, 0.3) is 0 Å². The molecule has 6 heteroatoms. The third-order valence-electron chi connectivity index (χ3n) is 5.54. The van der Waals surface area contributed by atoms with Gasteiger partial charge in [0, 0.05) is 13.1 Å². The van der Waals surface area contributed by atoms with Crippen molar-refractivity contribution in [1.29, 1.82) is 5.26 Å². The van der Waals surface area contributed by atoms with Gasteiger partial charge in [0.05, 0.1) is 31.7 Å². The van der Waals surface area contributed by atoms with Crippen LogP contribution >= 0.6 is 0 Å². The molecule has 0 aromatic heterocycles. The summed E-state index contributed by atoms with van der Waals surface area (Å²) in [5.41, 5.74) is 1.37. The zero-order chi connectivity index (χ0) is 21.4. The zero-order valence-corrected chi connectivity index (χ0v) is 17.6. The van der Waals surface area contributed by atoms with Crippen molar-refractivity contribution in [2.75, 3.05) is 33.4 Å². The maximum absolute atomic E-state index is 11.8. The van der Waals surface area contributed by atoms with Crippen molar-refractivity contribution < 1.29 is 19.0 Å². The Bertz CT molecular complexity index is 884. The number of benzene rings is 2. The molecule has 1 aliphatic rings. The van der Waals surface area contributed by atoms with Crippen molar-refractivity contribution in [3.05, 3.63) is 59.7 Å². The Kier molecular flexibility index (Phi) is 7.31. The van der Waals surface area contributed by atoms with Crippen LogP contribution in [-0.4, -0.2) is 44.2 Å². The minimum Gasteiger partial charge on any atom is -0.493 e. The summed E-state index contributed by atoms with van der Waals surface area (Å²) in [5, 5.41) is 10.0. The summed E-state index contributed by atoms with van der Waals surface area (Å²) >= 11 is 0. The molecular formula is C24H28N2O4. The Morgan fingerprint density at radius 3 is 2.50 bits per heavy atom. The monoisotopic (exact) mass is 408 g/mol. The largest absolute Gasteiger partial charge is 0.493 e. The molecule has 30 heavy (non-hydrogen) atoms. The average molecular weight is 408 g/mol. The van der Waals surface area contributed by atoms with Gasteiger partial charge in [-0.05, 0) is 43.0 Å². The van der Waals surface area contributed by atoms with Gasteiger partial charge in [-0.2, -0.15) is 5.26 Å². The number of ether oxygens (including phenoxy) is 3. The number of likely N-dealkylation sites (tertiary alicyclic amines) is 1. The normalized spacial score (nSPS) is 15.8. The molecule has 1 saturated heterocycles. The molecule has 0 radical (unpaired) electrons. The van der Waals surface area contributed by atoms with Gasteiger partial charge in [0.25, 0.3) is 0 Å². The second-order valence-electron chi connectivity index (χ2n) is 7.41. The molecule has 0 saturated carbocycles. The summed E-state index contributed by atoms with van der Waals surface area (Å²) in [6.07, 6.45) is 1.29. The van der Waals surface area contributed by atoms with E-state index in [-0.39, 0.29) is 12.5 Å². The highest BCUT2D eigenvalue weighted by Crippen LogP contribution is 2.39. The summed E-state index contributed by atoms with van der Waals surface area (Å²) in [7, 11) is 1.61. The van der Waals surface area contributed by atoms with Gasteiger partial charge in [-0.15, -0.1) is 0 Å². The van der Waals surface area contributed by atoms with E-state index in [1.165, 1.54) is 0 Å². The van der Waals surface area contributed by atoms with Crippen LogP contribution < -0.4 is 9.47 Å². The maximum atomic E-state index is 11.8. The number of hydrogen-bond donors (Lipinski definition) is 0. The second kappa shape index (κ2) is 10.1. The molecule has 0 bridgehead atoms. The van der Waals surface area contributed by atoms with Crippen LogP contribution in [0.1, 0.15) is 30.9 Å². The molecule has 0 N–H and O–H groups in total. The van der Waals surface area contributed by atoms with Crippen molar-refractivity contribution in [3.63, 3.8) is 0 Å². The first-order valence-electron chi connectivity index (χ1n) is 10.2. The van der Waals surface area contributed by atoms with E-state index in [1.807, 2.05) is 53.4 Å². The fourth-order valence-corrected chi connectivity index (χ4v) is 3.77. The minimum atomic E-state index is -0.609. The fourth-order valence-electron chi connectivity index (χ4n) is 3.77. The third kappa shape index (κ3) is 5.11. The lowest BCUT2D eigenvalue weighted by Crippen LogP contribution is -2.44. The number of esters is 1. The summed E-state index contributed by atoms with van der Waals surface area (Å²) < 4.78 is 16.5. The number of carbonyl (C=O) groups is 1. The highest BCUT2D eigenvalue weighted by atomic mass is 16.5. The van der Waals surface area contributed by atoms with Gasteiger partial charge in [0.15, 0.2) is 11.5 Å². The lowest BCUT2D eigenvalue weighted by Gasteiger charge is -2.37. The molecule has 158 valence electrons. The van der Waals surface area contributed by atoms with Gasteiger partial charge in [-0.1, -0.05) is 36.4 Å². The first-order chi connectivity index (χ1) is 14.6. The Hall–Kier alpha value is -3.04. The van der Waals surface area contributed by atoms with Crippen molar-refractivity contribution in [2.24, 2.45) is 0 Å². The van der Waals surface area contributed by atoms with Crippen molar-refractivity contribution in [1.82, 2.24) is 4.90 Å². The molecule has 2 aromatic carbocycles. The van der Waals surface area contributed by atoms with Crippen molar-refractivity contribution in [3.8, 4) is 17.6 Å². The van der Waals surface area contributed by atoms with E-state index in [0.29, 0.717) is 50.6 Å². The van der Waals surface area contributed by atoms with Crippen molar-refractivity contribution in [2.45, 2.75) is 31.8 Å². The Labute approximate surface area is 178 Å². The number of hydrogen-bond acceptors (Lipinski definition) is 6. The van der Waals surface area contributed by atoms with Crippen LogP contribution in [0.2, 0.25) is 0 Å². The molecule has 0 atom stereocenters. The van der Waals surface area contributed by atoms with Gasteiger partial charge in [-0.25, -0.2) is 0 Å². The van der Waals surface area contributed by atoms with Crippen LogP contribution in [-0.2, 0) is 21.6 Å². The van der Waals surface area contributed by atoms with E-state index < -0.39 is 5.41 Å². The number of nitriles is 1. The molecule has 6 nitrogen and oxygen atoms in total. The standard InChI is InChI=1S/C24H28N2O4/c1-3-29-23(27)16-26-13-11-24(18-25,12-14-26)20-9-10-21(28-2)22(15-20)30-17-19-7-5-4-6-8-19/h4-10,15H,3,11-14,16-17H2,1-2H3. The quantitative estimate of drug-likeness (QED) is 0.621. The lowest BCUT2D eigenvalue weighted by molar-refractivity contribution is -0.144. The predicted octanol–water partition coefficient (Wildman–Crippen LogP) is 3.69. The zero-order valence-electron chi connectivity index (χ0n) is 17.6. The number of piperidine rings is 1.